The van der Waals surface area contributed by atoms with Gasteiger partial charge in [0.15, 0.2) is 0 Å². The Morgan fingerprint density at radius 2 is 1.60 bits per heavy atom. The Morgan fingerprint density at radius 1 is 1.05 bits per heavy atom. The summed E-state index contributed by atoms with van der Waals surface area (Å²) in [7, 11) is 1.58. The molecule has 0 aromatic heterocycles. The van der Waals surface area contributed by atoms with Crippen LogP contribution in [0.3, 0.4) is 0 Å². The Morgan fingerprint density at radius 3 is 2.10 bits per heavy atom. The standard InChI is InChI=1S/C15H22N2O3/c1-15(2,3)14(19)17-10-9-16-13(18)11-5-7-12(20-4)8-6-11/h5-8H,9-10H2,1-4H3,(H,16,18)(H,17,19). The number of nitrogens with one attached hydrogen (secondary N) is 2. The topological polar surface area (TPSA) is 67.4 Å². The smallest absolute Gasteiger partial charge is 0.251 e. The fourth-order valence-electron chi connectivity index (χ4n) is 1.46. The quantitative estimate of drug-likeness (QED) is 0.804. The van der Waals surface area contributed by atoms with Crippen LogP contribution >= 0.6 is 0 Å². The molecule has 0 bridgehead atoms. The molecule has 0 saturated heterocycles. The molecule has 5 heteroatoms. The molecule has 0 spiro atoms. The first-order valence-electron chi connectivity index (χ1n) is 6.55. The Kier molecular flexibility index (Phi) is 5.55. The van der Waals surface area contributed by atoms with E-state index in [1.807, 2.05) is 20.8 Å². The molecule has 0 unspecified atom stereocenters. The zero-order chi connectivity index (χ0) is 15.2. The Labute approximate surface area is 119 Å². The molecule has 1 aromatic rings. The summed E-state index contributed by atoms with van der Waals surface area (Å²) < 4.78 is 5.03. The van der Waals surface area contributed by atoms with Crippen molar-refractivity contribution in [2.75, 3.05) is 20.2 Å². The van der Waals surface area contributed by atoms with E-state index in [4.69, 9.17) is 4.74 Å². The largest absolute Gasteiger partial charge is 0.497 e. The van der Waals surface area contributed by atoms with Crippen LogP contribution < -0.4 is 15.4 Å². The highest BCUT2D eigenvalue weighted by molar-refractivity contribution is 5.94. The maximum atomic E-state index is 11.8. The predicted octanol–water partition coefficient (Wildman–Crippen LogP) is 1.59. The van der Waals surface area contributed by atoms with E-state index in [9.17, 15) is 9.59 Å². The second kappa shape index (κ2) is 6.93. The summed E-state index contributed by atoms with van der Waals surface area (Å²) in [6.45, 7) is 6.35. The van der Waals surface area contributed by atoms with Gasteiger partial charge < -0.3 is 15.4 Å². The van der Waals surface area contributed by atoms with E-state index in [1.54, 1.807) is 31.4 Å². The number of rotatable bonds is 5. The second-order valence-electron chi connectivity index (χ2n) is 5.49. The van der Waals surface area contributed by atoms with Crippen molar-refractivity contribution < 1.29 is 14.3 Å². The molecule has 0 aliphatic carbocycles. The maximum Gasteiger partial charge on any atom is 0.251 e. The van der Waals surface area contributed by atoms with Gasteiger partial charge in [0.25, 0.3) is 5.91 Å². The second-order valence-corrected chi connectivity index (χ2v) is 5.49. The summed E-state index contributed by atoms with van der Waals surface area (Å²) in [5, 5.41) is 5.52. The highest BCUT2D eigenvalue weighted by Gasteiger charge is 2.20. The monoisotopic (exact) mass is 278 g/mol. The van der Waals surface area contributed by atoms with Gasteiger partial charge in [0.05, 0.1) is 7.11 Å². The third-order valence-corrected chi connectivity index (χ3v) is 2.73. The highest BCUT2D eigenvalue weighted by Crippen LogP contribution is 2.12. The SMILES string of the molecule is COc1ccc(C(=O)NCCNC(=O)C(C)(C)C)cc1. The molecule has 110 valence electrons. The summed E-state index contributed by atoms with van der Waals surface area (Å²) in [6, 6.07) is 6.86. The average Bonchev–Trinajstić information content (AvgIpc) is 2.42. The van der Waals surface area contributed by atoms with Gasteiger partial charge >= 0.3 is 0 Å². The molecule has 0 radical (unpaired) electrons. The van der Waals surface area contributed by atoms with Crippen molar-refractivity contribution in [3.8, 4) is 5.75 Å². The molecule has 0 heterocycles. The van der Waals surface area contributed by atoms with Gasteiger partial charge in [-0.3, -0.25) is 9.59 Å². The fourth-order valence-corrected chi connectivity index (χ4v) is 1.46. The van der Waals surface area contributed by atoms with Crippen molar-refractivity contribution in [2.24, 2.45) is 5.41 Å². The highest BCUT2D eigenvalue weighted by atomic mass is 16.5. The summed E-state index contributed by atoms with van der Waals surface area (Å²) in [5.74, 6) is 0.507. The lowest BCUT2D eigenvalue weighted by molar-refractivity contribution is -0.128. The number of ether oxygens (including phenoxy) is 1. The third-order valence-electron chi connectivity index (χ3n) is 2.73. The number of carbonyl (C=O) groups is 2. The van der Waals surface area contributed by atoms with Crippen molar-refractivity contribution in [2.45, 2.75) is 20.8 Å². The summed E-state index contributed by atoms with van der Waals surface area (Å²) in [5.41, 5.74) is 0.146. The first kappa shape index (κ1) is 16.0. The zero-order valence-corrected chi connectivity index (χ0v) is 12.4. The van der Waals surface area contributed by atoms with Gasteiger partial charge in [0.2, 0.25) is 5.91 Å². The lowest BCUT2D eigenvalue weighted by Crippen LogP contribution is -2.39. The number of hydrogen-bond acceptors (Lipinski definition) is 3. The number of hydrogen-bond donors (Lipinski definition) is 2. The lowest BCUT2D eigenvalue weighted by atomic mass is 9.96. The average molecular weight is 278 g/mol. The van der Waals surface area contributed by atoms with Gasteiger partial charge in [0.1, 0.15) is 5.75 Å². The fraction of sp³-hybridized carbons (Fsp3) is 0.467. The van der Waals surface area contributed by atoms with E-state index in [0.717, 1.165) is 0 Å². The van der Waals surface area contributed by atoms with Crippen LogP contribution in [-0.4, -0.2) is 32.0 Å². The molecule has 0 atom stereocenters. The molecule has 5 nitrogen and oxygen atoms in total. The number of benzene rings is 1. The molecule has 0 fully saturated rings. The van der Waals surface area contributed by atoms with E-state index < -0.39 is 5.41 Å². The minimum atomic E-state index is -0.417. The molecule has 20 heavy (non-hydrogen) atoms. The van der Waals surface area contributed by atoms with Crippen LogP contribution in [0.25, 0.3) is 0 Å². The van der Waals surface area contributed by atoms with Gasteiger partial charge in [-0.25, -0.2) is 0 Å². The first-order chi connectivity index (χ1) is 9.34. The molecule has 0 aliphatic heterocycles. The molecular weight excluding hydrogens is 256 g/mol. The Bertz CT molecular complexity index is 461. The molecule has 0 saturated carbocycles. The Balaban J connectivity index is 2.35. The molecular formula is C15H22N2O3. The van der Waals surface area contributed by atoms with Crippen molar-refractivity contribution >= 4 is 11.8 Å². The minimum Gasteiger partial charge on any atom is -0.497 e. The van der Waals surface area contributed by atoms with Gasteiger partial charge in [-0.15, -0.1) is 0 Å². The van der Waals surface area contributed by atoms with Crippen LogP contribution in [-0.2, 0) is 4.79 Å². The number of carbonyl (C=O) groups excluding carboxylic acids is 2. The van der Waals surface area contributed by atoms with E-state index in [1.165, 1.54) is 0 Å². The van der Waals surface area contributed by atoms with Crippen molar-refractivity contribution in [1.29, 1.82) is 0 Å². The normalized spacial score (nSPS) is 10.8. The summed E-state index contributed by atoms with van der Waals surface area (Å²) in [6.07, 6.45) is 0. The number of methoxy groups -OCH3 is 1. The third kappa shape index (κ3) is 4.91. The summed E-state index contributed by atoms with van der Waals surface area (Å²) in [4.78, 5) is 23.4. The van der Waals surface area contributed by atoms with E-state index in [0.29, 0.717) is 24.4 Å². The molecule has 0 aliphatic rings. The van der Waals surface area contributed by atoms with Crippen LogP contribution in [0.2, 0.25) is 0 Å². The van der Waals surface area contributed by atoms with Crippen molar-refractivity contribution in [1.82, 2.24) is 10.6 Å². The van der Waals surface area contributed by atoms with Gasteiger partial charge in [-0.05, 0) is 24.3 Å². The summed E-state index contributed by atoms with van der Waals surface area (Å²) >= 11 is 0. The van der Waals surface area contributed by atoms with Crippen molar-refractivity contribution in [3.63, 3.8) is 0 Å². The predicted molar refractivity (Wildman–Crippen MR) is 77.8 cm³/mol. The van der Waals surface area contributed by atoms with Crippen LogP contribution in [0.5, 0.6) is 5.75 Å². The van der Waals surface area contributed by atoms with Crippen LogP contribution in [0.1, 0.15) is 31.1 Å². The van der Waals surface area contributed by atoms with Crippen LogP contribution in [0.15, 0.2) is 24.3 Å². The zero-order valence-electron chi connectivity index (χ0n) is 12.4. The first-order valence-corrected chi connectivity index (χ1v) is 6.55. The maximum absolute atomic E-state index is 11.8. The van der Waals surface area contributed by atoms with E-state index in [2.05, 4.69) is 10.6 Å². The molecule has 2 amide bonds. The Hall–Kier alpha value is -2.04. The van der Waals surface area contributed by atoms with Crippen LogP contribution in [0, 0.1) is 5.41 Å². The van der Waals surface area contributed by atoms with Gasteiger partial charge in [0, 0.05) is 24.1 Å². The van der Waals surface area contributed by atoms with Gasteiger partial charge in [-0.1, -0.05) is 20.8 Å². The van der Waals surface area contributed by atoms with E-state index in [-0.39, 0.29) is 11.8 Å². The van der Waals surface area contributed by atoms with E-state index >= 15 is 0 Å². The molecule has 2 N–H and O–H groups in total. The van der Waals surface area contributed by atoms with Gasteiger partial charge in [-0.2, -0.15) is 0 Å². The lowest BCUT2D eigenvalue weighted by Gasteiger charge is -2.17. The molecule has 1 rings (SSSR count). The minimum absolute atomic E-state index is 0.0313. The number of amides is 2. The van der Waals surface area contributed by atoms with Crippen molar-refractivity contribution in [3.05, 3.63) is 29.8 Å². The van der Waals surface area contributed by atoms with Crippen LogP contribution in [0.4, 0.5) is 0 Å². The molecule has 1 aromatic carbocycles.